The summed E-state index contributed by atoms with van der Waals surface area (Å²) >= 11 is 0. The van der Waals surface area contributed by atoms with E-state index in [1.807, 2.05) is 0 Å². The summed E-state index contributed by atoms with van der Waals surface area (Å²) < 4.78 is 42.1. The molecule has 1 rings (SSSR count). The molecule has 1 aromatic rings. The maximum atomic E-state index is 12.6. The summed E-state index contributed by atoms with van der Waals surface area (Å²) in [6.07, 6.45) is -4.57. The number of alkyl halides is 3. The van der Waals surface area contributed by atoms with E-state index >= 15 is 0 Å². The van der Waals surface area contributed by atoms with E-state index in [2.05, 4.69) is 9.72 Å². The fourth-order valence-electron chi connectivity index (χ4n) is 1.14. The van der Waals surface area contributed by atoms with Crippen LogP contribution in [0.2, 0.25) is 0 Å². The highest BCUT2D eigenvalue weighted by atomic mass is 19.4. The Bertz CT molecular complexity index is 487. The van der Waals surface area contributed by atoms with Crippen LogP contribution in [0.1, 0.15) is 23.0 Å². The third kappa shape index (κ3) is 2.93. The largest absolute Gasteiger partial charge is 0.461 e. The van der Waals surface area contributed by atoms with Crippen molar-refractivity contribution in [2.24, 2.45) is 0 Å². The number of halogens is 3. The van der Waals surface area contributed by atoms with Crippen molar-refractivity contribution < 1.29 is 27.6 Å². The van der Waals surface area contributed by atoms with Crippen LogP contribution in [0.3, 0.4) is 0 Å². The molecule has 1 heterocycles. The number of esters is 1. The third-order valence-electron chi connectivity index (χ3n) is 1.87. The third-order valence-corrected chi connectivity index (χ3v) is 1.87. The number of carbonyl (C=O) groups excluding carboxylic acids is 1. The Morgan fingerprint density at radius 3 is 2.61 bits per heavy atom. The van der Waals surface area contributed by atoms with Gasteiger partial charge in [0.15, 0.2) is 0 Å². The summed E-state index contributed by atoms with van der Waals surface area (Å²) in [4.78, 5) is 23.7. The average molecular weight is 264 g/mol. The van der Waals surface area contributed by atoms with Crippen LogP contribution in [-0.2, 0) is 10.9 Å². The smallest absolute Gasteiger partial charge is 0.423 e. The number of nitro groups is 1. The van der Waals surface area contributed by atoms with Crippen molar-refractivity contribution in [3.8, 4) is 0 Å². The Morgan fingerprint density at radius 1 is 1.56 bits per heavy atom. The first-order valence-electron chi connectivity index (χ1n) is 4.66. The van der Waals surface area contributed by atoms with Gasteiger partial charge in [-0.15, -0.1) is 0 Å². The van der Waals surface area contributed by atoms with Crippen LogP contribution in [-0.4, -0.2) is 22.5 Å². The minimum Gasteiger partial charge on any atom is -0.461 e. The second-order valence-corrected chi connectivity index (χ2v) is 3.06. The van der Waals surface area contributed by atoms with Gasteiger partial charge in [0, 0.05) is 0 Å². The molecule has 0 aliphatic heterocycles. The fraction of sp³-hybridized carbons (Fsp3) is 0.333. The summed E-state index contributed by atoms with van der Waals surface area (Å²) in [7, 11) is 0. The Kier molecular flexibility index (Phi) is 3.84. The van der Waals surface area contributed by atoms with E-state index in [1.54, 1.807) is 0 Å². The van der Waals surface area contributed by atoms with Gasteiger partial charge in [-0.05, 0) is 13.0 Å². The Morgan fingerprint density at radius 2 is 2.17 bits per heavy atom. The minimum atomic E-state index is -4.95. The molecule has 0 radical (unpaired) electrons. The summed E-state index contributed by atoms with van der Waals surface area (Å²) in [5.74, 6) is -1.07. The fourth-order valence-corrected chi connectivity index (χ4v) is 1.14. The van der Waals surface area contributed by atoms with Gasteiger partial charge in [0.25, 0.3) is 5.69 Å². The van der Waals surface area contributed by atoms with Crippen LogP contribution < -0.4 is 0 Å². The molecule has 0 fully saturated rings. The number of carbonyl (C=O) groups is 1. The van der Waals surface area contributed by atoms with Gasteiger partial charge in [0.2, 0.25) is 0 Å². The number of hydrogen-bond acceptors (Lipinski definition) is 5. The van der Waals surface area contributed by atoms with Crippen molar-refractivity contribution in [1.29, 1.82) is 0 Å². The molecule has 0 N–H and O–H groups in total. The van der Waals surface area contributed by atoms with E-state index < -0.39 is 34.0 Å². The lowest BCUT2D eigenvalue weighted by Crippen LogP contribution is -2.14. The van der Waals surface area contributed by atoms with Gasteiger partial charge in [-0.25, -0.2) is 9.78 Å². The van der Waals surface area contributed by atoms with Crippen LogP contribution in [0, 0.1) is 10.1 Å². The molecule has 0 saturated carbocycles. The topological polar surface area (TPSA) is 82.3 Å². The number of aromatic nitrogens is 1. The number of ether oxygens (including phenoxy) is 1. The molecule has 0 saturated heterocycles. The van der Waals surface area contributed by atoms with Crippen molar-refractivity contribution in [2.75, 3.05) is 6.61 Å². The van der Waals surface area contributed by atoms with Crippen molar-refractivity contribution in [3.63, 3.8) is 0 Å². The Balaban J connectivity index is 3.30. The van der Waals surface area contributed by atoms with Gasteiger partial charge in [-0.2, -0.15) is 13.2 Å². The van der Waals surface area contributed by atoms with E-state index in [1.165, 1.54) is 6.92 Å². The van der Waals surface area contributed by atoms with Gasteiger partial charge in [-0.1, -0.05) is 0 Å². The molecule has 0 unspecified atom stereocenters. The monoisotopic (exact) mass is 264 g/mol. The first kappa shape index (κ1) is 13.9. The number of rotatable bonds is 3. The Labute approximate surface area is 98.5 Å². The van der Waals surface area contributed by atoms with E-state index in [-0.39, 0.29) is 6.61 Å². The average Bonchev–Trinajstić information content (AvgIpc) is 2.27. The summed E-state index contributed by atoms with van der Waals surface area (Å²) in [6, 6.07) is 0.302. The van der Waals surface area contributed by atoms with Gasteiger partial charge < -0.3 is 4.74 Å². The predicted molar refractivity (Wildman–Crippen MR) is 51.8 cm³/mol. The summed E-state index contributed by atoms with van der Waals surface area (Å²) in [5.41, 5.74) is -3.38. The second kappa shape index (κ2) is 4.98. The summed E-state index contributed by atoms with van der Waals surface area (Å²) in [6.45, 7) is 1.42. The van der Waals surface area contributed by atoms with Crippen LogP contribution in [0.5, 0.6) is 0 Å². The SMILES string of the molecule is CCOC(=O)c1cc(C(F)(F)F)c([N+](=O)[O-])cn1. The molecular formula is C9H7F3N2O4. The maximum absolute atomic E-state index is 12.6. The highest BCUT2D eigenvalue weighted by molar-refractivity contribution is 5.87. The second-order valence-electron chi connectivity index (χ2n) is 3.06. The molecule has 18 heavy (non-hydrogen) atoms. The molecule has 0 amide bonds. The zero-order valence-corrected chi connectivity index (χ0v) is 9.02. The molecule has 9 heteroatoms. The standard InChI is InChI=1S/C9H7F3N2O4/c1-2-18-8(15)6-3-5(9(10,11)12)7(4-13-6)14(16)17/h3-4H,2H2,1H3. The van der Waals surface area contributed by atoms with Crippen molar-refractivity contribution >= 4 is 11.7 Å². The molecule has 0 spiro atoms. The number of pyridine rings is 1. The zero-order chi connectivity index (χ0) is 13.9. The van der Waals surface area contributed by atoms with E-state index in [9.17, 15) is 28.1 Å². The summed E-state index contributed by atoms with van der Waals surface area (Å²) in [5, 5.41) is 10.4. The van der Waals surface area contributed by atoms with Gasteiger partial charge in [0.05, 0.1) is 11.5 Å². The molecule has 0 bridgehead atoms. The predicted octanol–water partition coefficient (Wildman–Crippen LogP) is 2.19. The highest BCUT2D eigenvalue weighted by Gasteiger charge is 2.39. The first-order valence-corrected chi connectivity index (χ1v) is 4.66. The Hall–Kier alpha value is -2.19. The molecule has 6 nitrogen and oxygen atoms in total. The molecule has 0 aromatic carbocycles. The molecule has 0 aliphatic carbocycles. The van der Waals surface area contributed by atoms with E-state index in [0.29, 0.717) is 12.3 Å². The normalized spacial score (nSPS) is 11.1. The van der Waals surface area contributed by atoms with Crippen LogP contribution in [0.25, 0.3) is 0 Å². The van der Waals surface area contributed by atoms with Gasteiger partial charge >= 0.3 is 12.1 Å². The van der Waals surface area contributed by atoms with E-state index in [0.717, 1.165) is 0 Å². The van der Waals surface area contributed by atoms with Crippen LogP contribution in [0.4, 0.5) is 18.9 Å². The van der Waals surface area contributed by atoms with E-state index in [4.69, 9.17) is 0 Å². The maximum Gasteiger partial charge on any atom is 0.423 e. The minimum absolute atomic E-state index is 0.0428. The lowest BCUT2D eigenvalue weighted by atomic mass is 10.2. The molecule has 98 valence electrons. The van der Waals surface area contributed by atoms with Crippen LogP contribution >= 0.6 is 0 Å². The van der Waals surface area contributed by atoms with Crippen molar-refractivity contribution in [1.82, 2.24) is 4.98 Å². The molecule has 0 atom stereocenters. The van der Waals surface area contributed by atoms with Crippen molar-refractivity contribution in [2.45, 2.75) is 13.1 Å². The lowest BCUT2D eigenvalue weighted by Gasteiger charge is -2.08. The quantitative estimate of drug-likeness (QED) is 0.474. The van der Waals surface area contributed by atoms with Gasteiger partial charge in [0.1, 0.15) is 17.5 Å². The molecule has 0 aliphatic rings. The zero-order valence-electron chi connectivity index (χ0n) is 9.02. The number of hydrogen-bond donors (Lipinski definition) is 0. The highest BCUT2D eigenvalue weighted by Crippen LogP contribution is 2.35. The molecular weight excluding hydrogens is 257 g/mol. The molecule has 1 aromatic heterocycles. The van der Waals surface area contributed by atoms with Crippen LogP contribution in [0.15, 0.2) is 12.3 Å². The van der Waals surface area contributed by atoms with Gasteiger partial charge in [-0.3, -0.25) is 10.1 Å². The van der Waals surface area contributed by atoms with Crippen molar-refractivity contribution in [3.05, 3.63) is 33.6 Å². The first-order chi connectivity index (χ1) is 8.27. The lowest BCUT2D eigenvalue weighted by molar-refractivity contribution is -0.388. The number of nitrogens with zero attached hydrogens (tertiary/aromatic N) is 2.